The largest absolute Gasteiger partial charge is 0.330 e. The average Bonchev–Trinajstić information content (AvgIpc) is 2.64. The fourth-order valence-electron chi connectivity index (χ4n) is 3.38. The fourth-order valence-corrected chi connectivity index (χ4v) is 3.38. The van der Waals surface area contributed by atoms with Crippen LogP contribution in [0.1, 0.15) is 63.0 Å². The van der Waals surface area contributed by atoms with E-state index < -0.39 is 0 Å². The van der Waals surface area contributed by atoms with E-state index in [1.54, 1.807) is 0 Å². The Balaban J connectivity index is 2.01. The van der Waals surface area contributed by atoms with Gasteiger partial charge in [0.25, 0.3) is 0 Å². The Morgan fingerprint density at radius 3 is 2.21 bits per heavy atom. The van der Waals surface area contributed by atoms with Gasteiger partial charge in [-0.15, -0.1) is 0 Å². The van der Waals surface area contributed by atoms with Gasteiger partial charge in [-0.2, -0.15) is 0 Å². The molecule has 1 saturated carbocycles. The molecule has 2 unspecified atom stereocenters. The topological polar surface area (TPSA) is 26.0 Å². The van der Waals surface area contributed by atoms with Crippen LogP contribution in [0, 0.1) is 11.8 Å². The Kier molecular flexibility index (Phi) is 5.45. The zero-order valence-electron chi connectivity index (χ0n) is 12.6. The molecule has 0 radical (unpaired) electrons. The van der Waals surface area contributed by atoms with Gasteiger partial charge >= 0.3 is 0 Å². The number of benzene rings is 1. The van der Waals surface area contributed by atoms with Crippen molar-refractivity contribution < 1.29 is 0 Å². The summed E-state index contributed by atoms with van der Waals surface area (Å²) in [7, 11) is 0. The van der Waals surface area contributed by atoms with E-state index in [2.05, 4.69) is 38.1 Å². The number of rotatable bonds is 4. The second-order valence-corrected chi connectivity index (χ2v) is 6.49. The van der Waals surface area contributed by atoms with Crippen LogP contribution in [0.3, 0.4) is 0 Å². The lowest BCUT2D eigenvalue weighted by atomic mass is 9.83. The molecule has 2 rings (SSSR count). The molecular formula is C18H29N. The molecule has 1 aromatic rings. The summed E-state index contributed by atoms with van der Waals surface area (Å²) in [4.78, 5) is 0. The number of hydrogen-bond donors (Lipinski definition) is 1. The smallest absolute Gasteiger partial charge is 0.00461 e. The van der Waals surface area contributed by atoms with Crippen LogP contribution >= 0.6 is 0 Å². The normalized spacial score (nSPS) is 24.4. The second kappa shape index (κ2) is 7.09. The Morgan fingerprint density at radius 1 is 1.00 bits per heavy atom. The molecule has 1 nitrogen and oxygen atoms in total. The molecule has 0 heterocycles. The lowest BCUT2D eigenvalue weighted by Crippen LogP contribution is -2.24. The highest BCUT2D eigenvalue weighted by molar-refractivity contribution is 5.25. The van der Waals surface area contributed by atoms with E-state index in [-0.39, 0.29) is 0 Å². The average molecular weight is 259 g/mol. The molecule has 1 aliphatic carbocycles. The van der Waals surface area contributed by atoms with Gasteiger partial charge in [0.15, 0.2) is 0 Å². The minimum Gasteiger partial charge on any atom is -0.330 e. The van der Waals surface area contributed by atoms with Crippen molar-refractivity contribution in [3.05, 3.63) is 35.4 Å². The maximum Gasteiger partial charge on any atom is -0.00461 e. The van der Waals surface area contributed by atoms with Gasteiger partial charge in [0, 0.05) is 0 Å². The van der Waals surface area contributed by atoms with Crippen molar-refractivity contribution in [2.24, 2.45) is 17.6 Å². The van der Waals surface area contributed by atoms with Gasteiger partial charge in [0.2, 0.25) is 0 Å². The zero-order chi connectivity index (χ0) is 13.7. The molecule has 2 N–H and O–H groups in total. The standard InChI is InChI=1S/C18H29N/c1-14(2)16-10-8-15(9-11-16)12-17-6-4-3-5-7-18(17)13-19/h8-11,14,17-18H,3-7,12-13,19H2,1-2H3. The molecule has 0 spiro atoms. The van der Waals surface area contributed by atoms with Gasteiger partial charge < -0.3 is 5.73 Å². The molecule has 0 saturated heterocycles. The molecule has 106 valence electrons. The van der Waals surface area contributed by atoms with Crippen LogP contribution in [-0.2, 0) is 6.42 Å². The molecule has 1 aliphatic rings. The quantitative estimate of drug-likeness (QED) is 0.791. The molecule has 19 heavy (non-hydrogen) atoms. The van der Waals surface area contributed by atoms with Crippen molar-refractivity contribution >= 4 is 0 Å². The fraction of sp³-hybridized carbons (Fsp3) is 0.667. The summed E-state index contributed by atoms with van der Waals surface area (Å²) in [6, 6.07) is 9.25. The van der Waals surface area contributed by atoms with E-state index in [9.17, 15) is 0 Å². The molecule has 1 fully saturated rings. The van der Waals surface area contributed by atoms with Crippen LogP contribution in [0.25, 0.3) is 0 Å². The van der Waals surface area contributed by atoms with E-state index in [1.165, 1.54) is 49.7 Å². The summed E-state index contributed by atoms with van der Waals surface area (Å²) in [5.41, 5.74) is 8.92. The van der Waals surface area contributed by atoms with E-state index in [0.29, 0.717) is 5.92 Å². The van der Waals surface area contributed by atoms with Gasteiger partial charge in [-0.25, -0.2) is 0 Å². The third kappa shape index (κ3) is 4.07. The van der Waals surface area contributed by atoms with Crippen molar-refractivity contribution in [1.29, 1.82) is 0 Å². The number of hydrogen-bond acceptors (Lipinski definition) is 1. The highest BCUT2D eigenvalue weighted by Crippen LogP contribution is 2.31. The van der Waals surface area contributed by atoms with Crippen LogP contribution in [-0.4, -0.2) is 6.54 Å². The Morgan fingerprint density at radius 2 is 1.63 bits per heavy atom. The van der Waals surface area contributed by atoms with Crippen LogP contribution in [0.5, 0.6) is 0 Å². The third-order valence-electron chi connectivity index (χ3n) is 4.76. The predicted molar refractivity (Wildman–Crippen MR) is 83.4 cm³/mol. The van der Waals surface area contributed by atoms with Gasteiger partial charge in [0.1, 0.15) is 0 Å². The summed E-state index contributed by atoms with van der Waals surface area (Å²) in [6.45, 7) is 5.38. The minimum absolute atomic E-state index is 0.628. The second-order valence-electron chi connectivity index (χ2n) is 6.49. The van der Waals surface area contributed by atoms with Gasteiger partial charge in [0.05, 0.1) is 0 Å². The SMILES string of the molecule is CC(C)c1ccc(CC2CCCCCC2CN)cc1. The summed E-state index contributed by atoms with van der Waals surface area (Å²) < 4.78 is 0. The first-order valence-corrected chi connectivity index (χ1v) is 7.99. The minimum atomic E-state index is 0.628. The Hall–Kier alpha value is -0.820. The van der Waals surface area contributed by atoms with Crippen molar-refractivity contribution in [3.63, 3.8) is 0 Å². The maximum atomic E-state index is 5.98. The van der Waals surface area contributed by atoms with Crippen LogP contribution < -0.4 is 5.73 Å². The highest BCUT2D eigenvalue weighted by atomic mass is 14.6. The summed E-state index contributed by atoms with van der Waals surface area (Å²) in [5, 5.41) is 0. The first-order chi connectivity index (χ1) is 9.20. The lowest BCUT2D eigenvalue weighted by Gasteiger charge is -2.24. The third-order valence-corrected chi connectivity index (χ3v) is 4.76. The zero-order valence-corrected chi connectivity index (χ0v) is 12.6. The Labute approximate surface area is 118 Å². The van der Waals surface area contributed by atoms with Crippen molar-refractivity contribution in [2.75, 3.05) is 6.54 Å². The van der Waals surface area contributed by atoms with Crippen molar-refractivity contribution in [3.8, 4) is 0 Å². The van der Waals surface area contributed by atoms with Gasteiger partial charge in [-0.05, 0) is 54.7 Å². The van der Waals surface area contributed by atoms with Gasteiger partial charge in [-0.3, -0.25) is 0 Å². The highest BCUT2D eigenvalue weighted by Gasteiger charge is 2.22. The molecule has 0 amide bonds. The summed E-state index contributed by atoms with van der Waals surface area (Å²) in [6.07, 6.45) is 8.11. The molecule has 1 aromatic carbocycles. The number of nitrogens with two attached hydrogens (primary N) is 1. The molecule has 1 heteroatoms. The van der Waals surface area contributed by atoms with Gasteiger partial charge in [-0.1, -0.05) is 57.4 Å². The summed E-state index contributed by atoms with van der Waals surface area (Å²) >= 11 is 0. The molecular weight excluding hydrogens is 230 g/mol. The van der Waals surface area contributed by atoms with E-state index in [1.807, 2.05) is 0 Å². The molecule has 0 aliphatic heterocycles. The van der Waals surface area contributed by atoms with E-state index >= 15 is 0 Å². The summed E-state index contributed by atoms with van der Waals surface area (Å²) in [5.74, 6) is 2.17. The molecule has 0 aromatic heterocycles. The van der Waals surface area contributed by atoms with Crippen LogP contribution in [0.4, 0.5) is 0 Å². The first-order valence-electron chi connectivity index (χ1n) is 7.99. The molecule has 2 atom stereocenters. The Bertz CT molecular complexity index is 366. The first kappa shape index (κ1) is 14.6. The van der Waals surface area contributed by atoms with E-state index in [0.717, 1.165) is 18.4 Å². The monoisotopic (exact) mass is 259 g/mol. The van der Waals surface area contributed by atoms with E-state index in [4.69, 9.17) is 5.73 Å². The lowest BCUT2D eigenvalue weighted by molar-refractivity contribution is 0.318. The predicted octanol–water partition coefficient (Wildman–Crippen LogP) is 4.51. The van der Waals surface area contributed by atoms with Crippen molar-refractivity contribution in [2.45, 2.75) is 58.3 Å². The maximum absolute atomic E-state index is 5.98. The van der Waals surface area contributed by atoms with Crippen LogP contribution in [0.2, 0.25) is 0 Å². The van der Waals surface area contributed by atoms with Crippen LogP contribution in [0.15, 0.2) is 24.3 Å². The van der Waals surface area contributed by atoms with Crippen molar-refractivity contribution in [1.82, 2.24) is 0 Å². The molecule has 0 bridgehead atoms.